The maximum absolute atomic E-state index is 12.9. The van der Waals surface area contributed by atoms with Crippen LogP contribution in [0.25, 0.3) is 0 Å². The summed E-state index contributed by atoms with van der Waals surface area (Å²) in [4.78, 5) is 31.6. The number of hydrogen-bond donors (Lipinski definition) is 1. The maximum Gasteiger partial charge on any atom is 0.344 e. The van der Waals surface area contributed by atoms with Crippen molar-refractivity contribution in [3.05, 3.63) is 83.9 Å². The smallest absolute Gasteiger partial charge is 0.344 e. The van der Waals surface area contributed by atoms with E-state index in [0.29, 0.717) is 12.1 Å². The van der Waals surface area contributed by atoms with Gasteiger partial charge in [-0.25, -0.2) is 19.2 Å². The molecular formula is C21H18FN3O4. The third-order valence-electron chi connectivity index (χ3n) is 3.81. The second kappa shape index (κ2) is 9.93. The lowest BCUT2D eigenvalue weighted by Crippen LogP contribution is -2.18. The van der Waals surface area contributed by atoms with Gasteiger partial charge in [0.2, 0.25) is 0 Å². The van der Waals surface area contributed by atoms with Gasteiger partial charge < -0.3 is 14.8 Å². The lowest BCUT2D eigenvalue weighted by molar-refractivity contribution is -0.146. The van der Waals surface area contributed by atoms with Crippen molar-refractivity contribution in [3.8, 4) is 6.01 Å². The van der Waals surface area contributed by atoms with Crippen molar-refractivity contribution in [1.29, 1.82) is 0 Å². The van der Waals surface area contributed by atoms with E-state index in [9.17, 15) is 14.0 Å². The summed E-state index contributed by atoms with van der Waals surface area (Å²) >= 11 is 0. The van der Waals surface area contributed by atoms with Crippen LogP contribution < -0.4 is 10.1 Å². The number of amides is 1. The summed E-state index contributed by atoms with van der Waals surface area (Å²) in [6.07, 6.45) is 3.14. The van der Waals surface area contributed by atoms with Crippen molar-refractivity contribution in [1.82, 2.24) is 9.97 Å². The minimum Gasteiger partial charge on any atom is -0.463 e. The van der Waals surface area contributed by atoms with Gasteiger partial charge in [0.25, 0.3) is 5.91 Å². The Balaban J connectivity index is 1.42. The van der Waals surface area contributed by atoms with Crippen LogP contribution in [0.15, 0.2) is 67.0 Å². The number of aromatic nitrogens is 2. The van der Waals surface area contributed by atoms with Gasteiger partial charge >= 0.3 is 12.0 Å². The molecule has 0 spiro atoms. The van der Waals surface area contributed by atoms with E-state index in [-0.39, 0.29) is 24.8 Å². The second-order valence-electron chi connectivity index (χ2n) is 5.96. The minimum absolute atomic E-state index is 0.0525. The highest BCUT2D eigenvalue weighted by atomic mass is 19.1. The Morgan fingerprint density at radius 3 is 2.34 bits per heavy atom. The molecule has 0 radical (unpaired) electrons. The molecule has 0 saturated carbocycles. The third kappa shape index (κ3) is 6.39. The Morgan fingerprint density at radius 2 is 1.66 bits per heavy atom. The topological polar surface area (TPSA) is 90.4 Å². The molecule has 0 bridgehead atoms. The molecule has 3 aromatic rings. The van der Waals surface area contributed by atoms with Gasteiger partial charge in [-0.3, -0.25) is 4.79 Å². The number of benzene rings is 2. The molecule has 3 rings (SSSR count). The molecule has 8 heteroatoms. The van der Waals surface area contributed by atoms with Gasteiger partial charge in [0.15, 0.2) is 6.61 Å². The zero-order valence-corrected chi connectivity index (χ0v) is 15.4. The molecule has 2 aromatic carbocycles. The van der Waals surface area contributed by atoms with E-state index in [1.165, 1.54) is 36.7 Å². The van der Waals surface area contributed by atoms with E-state index in [2.05, 4.69) is 15.3 Å². The lowest BCUT2D eigenvalue weighted by atomic mass is 10.2. The van der Waals surface area contributed by atoms with Crippen molar-refractivity contribution in [2.24, 2.45) is 0 Å². The van der Waals surface area contributed by atoms with Crippen LogP contribution in [-0.4, -0.2) is 35.1 Å². The Kier molecular flexibility index (Phi) is 6.83. The Bertz CT molecular complexity index is 948. The zero-order chi connectivity index (χ0) is 20.5. The molecule has 0 fully saturated rings. The molecule has 1 amide bonds. The fourth-order valence-electron chi connectivity index (χ4n) is 2.34. The molecule has 1 heterocycles. The first-order valence-electron chi connectivity index (χ1n) is 8.81. The van der Waals surface area contributed by atoms with Crippen LogP contribution in [0.4, 0.5) is 10.1 Å². The highest BCUT2D eigenvalue weighted by Crippen LogP contribution is 2.11. The van der Waals surface area contributed by atoms with E-state index in [1.54, 1.807) is 0 Å². The minimum atomic E-state index is -0.539. The molecule has 148 valence electrons. The molecule has 1 aromatic heterocycles. The summed E-state index contributed by atoms with van der Waals surface area (Å²) in [6, 6.07) is 15.0. The normalized spacial score (nSPS) is 10.2. The fraction of sp³-hybridized carbons (Fsp3) is 0.143. The van der Waals surface area contributed by atoms with Crippen LogP contribution >= 0.6 is 0 Å². The van der Waals surface area contributed by atoms with Gasteiger partial charge in [0.1, 0.15) is 5.82 Å². The number of rotatable bonds is 8. The standard InChI is InChI=1S/C21H18FN3O4/c22-17-6-8-18(9-7-17)25-20(27)16-12-23-21(24-13-16)29-14-19(26)28-11-10-15-4-2-1-3-5-15/h1-9,12-13H,10-11,14H2,(H,25,27). The van der Waals surface area contributed by atoms with Crippen molar-refractivity contribution in [2.75, 3.05) is 18.5 Å². The average Bonchev–Trinajstić information content (AvgIpc) is 2.75. The number of nitrogens with one attached hydrogen (secondary N) is 1. The molecule has 0 aliphatic heterocycles. The van der Waals surface area contributed by atoms with Crippen LogP contribution in [0.5, 0.6) is 6.01 Å². The summed E-state index contributed by atoms with van der Waals surface area (Å²) in [6.45, 7) is -0.0918. The number of anilines is 1. The number of halogens is 1. The van der Waals surface area contributed by atoms with Crippen molar-refractivity contribution < 1.29 is 23.5 Å². The van der Waals surface area contributed by atoms with E-state index < -0.39 is 17.7 Å². The average molecular weight is 395 g/mol. The summed E-state index contributed by atoms with van der Waals surface area (Å²) in [5, 5.41) is 2.59. The highest BCUT2D eigenvalue weighted by molar-refractivity contribution is 6.03. The third-order valence-corrected chi connectivity index (χ3v) is 3.81. The summed E-state index contributed by atoms with van der Waals surface area (Å²) in [5.74, 6) is -1.39. The van der Waals surface area contributed by atoms with Crippen molar-refractivity contribution >= 4 is 17.6 Å². The van der Waals surface area contributed by atoms with E-state index in [1.807, 2.05) is 30.3 Å². The number of carbonyl (C=O) groups is 2. The number of carbonyl (C=O) groups excluding carboxylic acids is 2. The molecule has 0 aliphatic rings. The molecule has 29 heavy (non-hydrogen) atoms. The summed E-state index contributed by atoms with van der Waals surface area (Å²) in [5.41, 5.74) is 1.70. The first kappa shape index (κ1) is 19.9. The SMILES string of the molecule is O=C(COc1ncc(C(=O)Nc2ccc(F)cc2)cn1)OCCc1ccccc1. The monoisotopic (exact) mass is 395 g/mol. The largest absolute Gasteiger partial charge is 0.463 e. The highest BCUT2D eigenvalue weighted by Gasteiger charge is 2.10. The van der Waals surface area contributed by atoms with Crippen LogP contribution in [-0.2, 0) is 16.0 Å². The summed E-state index contributed by atoms with van der Waals surface area (Å²) in [7, 11) is 0. The van der Waals surface area contributed by atoms with Gasteiger partial charge in [0.05, 0.1) is 12.2 Å². The zero-order valence-electron chi connectivity index (χ0n) is 15.4. The first-order valence-corrected chi connectivity index (χ1v) is 8.81. The van der Waals surface area contributed by atoms with Gasteiger partial charge in [-0.1, -0.05) is 30.3 Å². The molecule has 0 aliphatic carbocycles. The van der Waals surface area contributed by atoms with Gasteiger partial charge in [-0.15, -0.1) is 0 Å². The van der Waals surface area contributed by atoms with E-state index in [0.717, 1.165) is 5.56 Å². The Hall–Kier alpha value is -3.81. The molecular weight excluding hydrogens is 377 g/mol. The second-order valence-corrected chi connectivity index (χ2v) is 5.96. The lowest BCUT2D eigenvalue weighted by Gasteiger charge is -2.07. The van der Waals surface area contributed by atoms with Crippen LogP contribution in [0.3, 0.4) is 0 Å². The number of ether oxygens (including phenoxy) is 2. The quantitative estimate of drug-likeness (QED) is 0.590. The maximum atomic E-state index is 12.9. The molecule has 0 unspecified atom stereocenters. The van der Waals surface area contributed by atoms with Gasteiger partial charge in [0, 0.05) is 24.5 Å². The molecule has 1 N–H and O–H groups in total. The predicted molar refractivity (Wildman–Crippen MR) is 103 cm³/mol. The Morgan fingerprint density at radius 1 is 0.966 bits per heavy atom. The molecule has 0 saturated heterocycles. The van der Waals surface area contributed by atoms with E-state index in [4.69, 9.17) is 9.47 Å². The molecule has 0 atom stereocenters. The number of esters is 1. The van der Waals surface area contributed by atoms with Gasteiger partial charge in [-0.05, 0) is 29.8 Å². The van der Waals surface area contributed by atoms with Crippen LogP contribution in [0.2, 0.25) is 0 Å². The van der Waals surface area contributed by atoms with E-state index >= 15 is 0 Å². The number of hydrogen-bond acceptors (Lipinski definition) is 6. The predicted octanol–water partition coefficient (Wildman–Crippen LogP) is 3.03. The van der Waals surface area contributed by atoms with Crippen molar-refractivity contribution in [3.63, 3.8) is 0 Å². The van der Waals surface area contributed by atoms with Crippen LogP contribution in [0, 0.1) is 5.82 Å². The number of nitrogens with zero attached hydrogens (tertiary/aromatic N) is 2. The Labute approximate surface area is 166 Å². The van der Waals surface area contributed by atoms with Crippen molar-refractivity contribution in [2.45, 2.75) is 6.42 Å². The first-order chi connectivity index (χ1) is 14.1. The van der Waals surface area contributed by atoms with Crippen LogP contribution in [0.1, 0.15) is 15.9 Å². The van der Waals surface area contributed by atoms with Gasteiger partial charge in [-0.2, -0.15) is 0 Å². The molecule has 7 nitrogen and oxygen atoms in total. The fourth-order valence-corrected chi connectivity index (χ4v) is 2.34. The summed E-state index contributed by atoms with van der Waals surface area (Å²) < 4.78 is 23.1.